The third-order valence-electron chi connectivity index (χ3n) is 2.56. The largest absolute Gasteiger partial charge is 0.507 e. The third-order valence-corrected chi connectivity index (χ3v) is 3.70. The van der Waals surface area contributed by atoms with Gasteiger partial charge in [-0.2, -0.15) is 0 Å². The maximum Gasteiger partial charge on any atom is 0.255 e. The Kier molecular flexibility index (Phi) is 3.80. The summed E-state index contributed by atoms with van der Waals surface area (Å²) < 4.78 is 13.1. The minimum atomic E-state index is -0.569. The lowest BCUT2D eigenvalue weighted by Gasteiger charge is -2.12. The second-order valence-electron chi connectivity index (χ2n) is 4.18. The fourth-order valence-corrected chi connectivity index (χ4v) is 2.40. The number of nitrogens with zero attached hydrogens (tertiary/aromatic N) is 1. The molecule has 0 fully saturated rings. The highest BCUT2D eigenvalue weighted by molar-refractivity contribution is 7.09. The van der Waals surface area contributed by atoms with Crippen molar-refractivity contribution in [3.05, 3.63) is 45.7 Å². The fraction of sp³-hybridized carbons (Fsp3) is 0.231. The summed E-state index contributed by atoms with van der Waals surface area (Å²) in [5.41, 5.74) is 0.801. The molecule has 1 heterocycles. The summed E-state index contributed by atoms with van der Waals surface area (Å²) in [6.07, 6.45) is 0. The quantitative estimate of drug-likeness (QED) is 0.908. The van der Waals surface area contributed by atoms with Gasteiger partial charge in [-0.05, 0) is 32.0 Å². The van der Waals surface area contributed by atoms with Crippen molar-refractivity contribution in [2.75, 3.05) is 0 Å². The van der Waals surface area contributed by atoms with Crippen LogP contribution in [0.2, 0.25) is 0 Å². The summed E-state index contributed by atoms with van der Waals surface area (Å²) in [6, 6.07) is 2.96. The topological polar surface area (TPSA) is 62.2 Å². The zero-order chi connectivity index (χ0) is 14.0. The van der Waals surface area contributed by atoms with Crippen molar-refractivity contribution in [1.82, 2.24) is 10.3 Å². The molecule has 2 aromatic rings. The molecule has 100 valence electrons. The van der Waals surface area contributed by atoms with Crippen molar-refractivity contribution in [3.63, 3.8) is 0 Å². The monoisotopic (exact) mass is 280 g/mol. The maximum atomic E-state index is 13.1. The van der Waals surface area contributed by atoms with Gasteiger partial charge < -0.3 is 10.4 Å². The lowest BCUT2D eigenvalue weighted by Crippen LogP contribution is -2.26. The van der Waals surface area contributed by atoms with Gasteiger partial charge in [0.25, 0.3) is 5.91 Å². The first-order valence-corrected chi connectivity index (χ1v) is 6.56. The molecule has 0 aliphatic heterocycles. The lowest BCUT2D eigenvalue weighted by molar-refractivity contribution is 0.0936. The van der Waals surface area contributed by atoms with Crippen LogP contribution in [-0.4, -0.2) is 16.0 Å². The van der Waals surface area contributed by atoms with Crippen LogP contribution in [0.1, 0.15) is 34.0 Å². The molecule has 2 N–H and O–H groups in total. The van der Waals surface area contributed by atoms with E-state index in [2.05, 4.69) is 10.3 Å². The minimum Gasteiger partial charge on any atom is -0.507 e. The van der Waals surface area contributed by atoms with Gasteiger partial charge in [0, 0.05) is 11.1 Å². The number of phenols is 1. The standard InChI is InChI=1S/C13H13FN2O2S/c1-7-6-19-13(15-7)8(2)16-12(18)10-5-9(14)3-4-11(10)17/h3-6,8,17H,1-2H3,(H,16,18). The average Bonchev–Trinajstić information content (AvgIpc) is 2.79. The summed E-state index contributed by atoms with van der Waals surface area (Å²) in [5, 5.41) is 14.9. The Bertz CT molecular complexity index is 612. The highest BCUT2D eigenvalue weighted by Crippen LogP contribution is 2.21. The Morgan fingerprint density at radius 3 is 2.89 bits per heavy atom. The third kappa shape index (κ3) is 3.08. The number of aryl methyl sites for hydroxylation is 1. The van der Waals surface area contributed by atoms with Gasteiger partial charge in [-0.15, -0.1) is 11.3 Å². The van der Waals surface area contributed by atoms with Crippen LogP contribution in [0.3, 0.4) is 0 Å². The Balaban J connectivity index is 2.15. The van der Waals surface area contributed by atoms with Gasteiger partial charge in [0.1, 0.15) is 16.6 Å². The molecule has 1 aromatic carbocycles. The Morgan fingerprint density at radius 2 is 2.26 bits per heavy atom. The molecule has 1 aromatic heterocycles. The van der Waals surface area contributed by atoms with Crippen LogP contribution in [0.25, 0.3) is 0 Å². The van der Waals surface area contributed by atoms with Crippen molar-refractivity contribution in [2.45, 2.75) is 19.9 Å². The van der Waals surface area contributed by atoms with Crippen molar-refractivity contribution in [2.24, 2.45) is 0 Å². The number of amides is 1. The number of hydrogen-bond acceptors (Lipinski definition) is 4. The molecule has 0 spiro atoms. The summed E-state index contributed by atoms with van der Waals surface area (Å²) in [4.78, 5) is 16.2. The summed E-state index contributed by atoms with van der Waals surface area (Å²) in [6.45, 7) is 3.65. The lowest BCUT2D eigenvalue weighted by atomic mass is 10.1. The van der Waals surface area contributed by atoms with E-state index in [0.29, 0.717) is 0 Å². The van der Waals surface area contributed by atoms with Gasteiger partial charge in [-0.3, -0.25) is 4.79 Å². The van der Waals surface area contributed by atoms with Gasteiger partial charge in [0.15, 0.2) is 0 Å². The average molecular weight is 280 g/mol. The van der Waals surface area contributed by atoms with E-state index in [9.17, 15) is 14.3 Å². The molecule has 0 aliphatic rings. The van der Waals surface area contributed by atoms with Gasteiger partial charge in [0.2, 0.25) is 0 Å². The first-order valence-electron chi connectivity index (χ1n) is 5.69. The van der Waals surface area contributed by atoms with Gasteiger partial charge in [0.05, 0.1) is 11.6 Å². The molecule has 6 heteroatoms. The van der Waals surface area contributed by atoms with Crippen LogP contribution in [0.5, 0.6) is 5.75 Å². The number of carbonyl (C=O) groups excluding carboxylic acids is 1. The van der Waals surface area contributed by atoms with Crippen LogP contribution < -0.4 is 5.32 Å². The number of benzene rings is 1. The Morgan fingerprint density at radius 1 is 1.53 bits per heavy atom. The predicted molar refractivity (Wildman–Crippen MR) is 70.8 cm³/mol. The van der Waals surface area contributed by atoms with Gasteiger partial charge >= 0.3 is 0 Å². The second kappa shape index (κ2) is 5.36. The molecular formula is C13H13FN2O2S. The minimum absolute atomic E-state index is 0.0832. The molecule has 19 heavy (non-hydrogen) atoms. The maximum absolute atomic E-state index is 13.1. The summed E-state index contributed by atoms with van der Waals surface area (Å²) in [5.74, 6) is -1.35. The van der Waals surface area contributed by atoms with Crippen LogP contribution >= 0.6 is 11.3 Å². The molecule has 1 atom stereocenters. The summed E-state index contributed by atoms with van der Waals surface area (Å²) in [7, 11) is 0. The van der Waals surface area contributed by atoms with E-state index in [-0.39, 0.29) is 17.4 Å². The molecular weight excluding hydrogens is 267 g/mol. The van der Waals surface area contributed by atoms with Crippen LogP contribution in [0.15, 0.2) is 23.6 Å². The van der Waals surface area contributed by atoms with Gasteiger partial charge in [-0.25, -0.2) is 9.37 Å². The number of aromatic nitrogens is 1. The molecule has 1 amide bonds. The van der Waals surface area contributed by atoms with Gasteiger partial charge in [-0.1, -0.05) is 0 Å². The normalized spacial score (nSPS) is 12.2. The number of nitrogens with one attached hydrogen (secondary N) is 1. The number of phenolic OH excluding ortho intramolecular Hbond substituents is 1. The van der Waals surface area contributed by atoms with Crippen molar-refractivity contribution in [3.8, 4) is 5.75 Å². The van der Waals surface area contributed by atoms with E-state index in [0.717, 1.165) is 28.9 Å². The van der Waals surface area contributed by atoms with Crippen molar-refractivity contribution >= 4 is 17.2 Å². The van der Waals surface area contributed by atoms with E-state index >= 15 is 0 Å². The predicted octanol–water partition coefficient (Wildman–Crippen LogP) is 2.79. The number of hydrogen-bond donors (Lipinski definition) is 2. The molecule has 2 rings (SSSR count). The first-order chi connectivity index (χ1) is 8.97. The zero-order valence-electron chi connectivity index (χ0n) is 10.5. The Hall–Kier alpha value is -1.95. The number of aromatic hydroxyl groups is 1. The molecule has 0 aliphatic carbocycles. The molecule has 0 bridgehead atoms. The van der Waals surface area contributed by atoms with Crippen LogP contribution in [0.4, 0.5) is 4.39 Å². The van der Waals surface area contributed by atoms with Crippen molar-refractivity contribution in [1.29, 1.82) is 0 Å². The van der Waals surface area contributed by atoms with E-state index in [1.165, 1.54) is 11.3 Å². The SMILES string of the molecule is Cc1csc(C(C)NC(=O)c2cc(F)ccc2O)n1. The number of thiazole rings is 1. The van der Waals surface area contributed by atoms with E-state index in [4.69, 9.17) is 0 Å². The number of carbonyl (C=O) groups is 1. The van der Waals surface area contributed by atoms with Crippen LogP contribution in [0, 0.1) is 12.7 Å². The highest BCUT2D eigenvalue weighted by Gasteiger charge is 2.17. The van der Waals surface area contributed by atoms with Crippen molar-refractivity contribution < 1.29 is 14.3 Å². The Labute approximate surface area is 113 Å². The first kappa shape index (κ1) is 13.5. The van der Waals surface area contributed by atoms with Crippen LogP contribution in [-0.2, 0) is 0 Å². The molecule has 1 unspecified atom stereocenters. The van der Waals surface area contributed by atoms with E-state index < -0.39 is 11.7 Å². The van der Waals surface area contributed by atoms with E-state index in [1.54, 1.807) is 6.92 Å². The molecule has 0 saturated carbocycles. The fourth-order valence-electron chi connectivity index (χ4n) is 1.60. The molecule has 0 saturated heterocycles. The highest BCUT2D eigenvalue weighted by atomic mass is 32.1. The number of halogens is 1. The molecule has 4 nitrogen and oxygen atoms in total. The molecule has 0 radical (unpaired) electrons. The smallest absolute Gasteiger partial charge is 0.255 e. The summed E-state index contributed by atoms with van der Waals surface area (Å²) >= 11 is 1.44. The number of rotatable bonds is 3. The zero-order valence-corrected chi connectivity index (χ0v) is 11.3. The second-order valence-corrected chi connectivity index (χ2v) is 5.07. The van der Waals surface area contributed by atoms with E-state index in [1.807, 2.05) is 12.3 Å².